The van der Waals surface area contributed by atoms with Crippen molar-refractivity contribution >= 4 is 29.8 Å². The zero-order valence-electron chi connectivity index (χ0n) is 23.8. The number of fused-ring (bicyclic) bond motifs is 1. The van der Waals surface area contributed by atoms with Gasteiger partial charge in [-0.05, 0) is 13.8 Å². The van der Waals surface area contributed by atoms with E-state index in [-0.39, 0.29) is 19.4 Å². The van der Waals surface area contributed by atoms with Gasteiger partial charge in [-0.1, -0.05) is 5.23 Å². The molecule has 0 unspecified atom stereocenters. The Morgan fingerprint density at radius 2 is 1.20 bits per heavy atom. The summed E-state index contributed by atoms with van der Waals surface area (Å²) >= 11 is 0. The molecule has 228 valence electrons. The summed E-state index contributed by atoms with van der Waals surface area (Å²) in [4.78, 5) is 72.1. The topological polar surface area (TPSA) is 172 Å². The summed E-state index contributed by atoms with van der Waals surface area (Å²) in [5.74, 6) is -4.58. The first-order chi connectivity index (χ1) is 18.9. The number of nitrogens with zero attached hydrogens (tertiary/aromatic N) is 1. The number of rotatable bonds is 14. The van der Waals surface area contributed by atoms with Gasteiger partial charge in [0.2, 0.25) is 0 Å². The lowest BCUT2D eigenvalue weighted by Crippen LogP contribution is -2.59. The van der Waals surface area contributed by atoms with Crippen LogP contribution >= 0.6 is 0 Å². The molecule has 15 nitrogen and oxygen atoms in total. The lowest BCUT2D eigenvalue weighted by Gasteiger charge is -2.44. The van der Waals surface area contributed by atoms with Crippen LogP contribution in [0.4, 0.5) is 0 Å². The Balaban J connectivity index is 2.62. The molecule has 2 saturated heterocycles. The molecule has 2 aliphatic heterocycles. The second kappa shape index (κ2) is 15.8. The average Bonchev–Trinajstić information content (AvgIpc) is 3.24. The van der Waals surface area contributed by atoms with Crippen molar-refractivity contribution in [2.45, 2.75) is 104 Å². The van der Waals surface area contributed by atoms with E-state index in [1.165, 1.54) is 5.23 Å². The standard InChI is InChI=1S/C25H39NO14/c1-8-32-21-10-18(19-11-22(33-9-2)40-26(19)39-21)23(36-15(5)29)25(38-17(7)31)24(37-16(6)30)20(35-14(4)28)12-34-13(3)27/h18-25H,8-12H2,1-7H3/t18-,19-,20-,21+,22+,23+,24+,25-/m1/s1. The number of ether oxygens (including phenoxy) is 7. The third kappa shape index (κ3) is 9.96. The molecule has 40 heavy (non-hydrogen) atoms. The highest BCUT2D eigenvalue weighted by molar-refractivity contribution is 5.69. The van der Waals surface area contributed by atoms with E-state index in [1.54, 1.807) is 13.8 Å². The third-order valence-electron chi connectivity index (χ3n) is 5.92. The summed E-state index contributed by atoms with van der Waals surface area (Å²) in [7, 11) is 0. The van der Waals surface area contributed by atoms with E-state index in [0.717, 1.165) is 34.6 Å². The van der Waals surface area contributed by atoms with Gasteiger partial charge in [0, 0.05) is 66.6 Å². The number of hydroxylamine groups is 2. The Morgan fingerprint density at radius 3 is 1.68 bits per heavy atom. The molecule has 0 amide bonds. The molecule has 0 aliphatic carbocycles. The Labute approximate surface area is 232 Å². The first kappa shape index (κ1) is 33.4. The van der Waals surface area contributed by atoms with Crippen LogP contribution in [-0.4, -0.2) is 97.9 Å². The molecule has 0 aromatic rings. The van der Waals surface area contributed by atoms with Gasteiger partial charge in [0.25, 0.3) is 0 Å². The van der Waals surface area contributed by atoms with Gasteiger partial charge in [-0.3, -0.25) is 24.0 Å². The van der Waals surface area contributed by atoms with Crippen molar-refractivity contribution in [2.24, 2.45) is 5.92 Å². The van der Waals surface area contributed by atoms with Crippen molar-refractivity contribution in [2.75, 3.05) is 19.8 Å². The van der Waals surface area contributed by atoms with Crippen LogP contribution in [-0.2, 0) is 66.8 Å². The van der Waals surface area contributed by atoms with Gasteiger partial charge < -0.3 is 33.2 Å². The highest BCUT2D eigenvalue weighted by Gasteiger charge is 2.55. The minimum absolute atomic E-state index is 0.141. The van der Waals surface area contributed by atoms with Crippen molar-refractivity contribution in [3.05, 3.63) is 0 Å². The molecule has 0 aromatic heterocycles. The fourth-order valence-electron chi connectivity index (χ4n) is 4.67. The minimum atomic E-state index is -1.55. The maximum Gasteiger partial charge on any atom is 0.303 e. The molecule has 2 heterocycles. The van der Waals surface area contributed by atoms with Crippen molar-refractivity contribution < 1.29 is 66.8 Å². The Kier molecular flexibility index (Phi) is 13.2. The highest BCUT2D eigenvalue weighted by Crippen LogP contribution is 2.40. The first-order valence-corrected chi connectivity index (χ1v) is 13.0. The monoisotopic (exact) mass is 577 g/mol. The van der Waals surface area contributed by atoms with Crippen molar-refractivity contribution in [3.63, 3.8) is 0 Å². The van der Waals surface area contributed by atoms with E-state index in [9.17, 15) is 24.0 Å². The lowest BCUT2D eigenvalue weighted by molar-refractivity contribution is -0.458. The van der Waals surface area contributed by atoms with Crippen molar-refractivity contribution in [1.82, 2.24) is 5.23 Å². The van der Waals surface area contributed by atoms with Crippen molar-refractivity contribution in [3.8, 4) is 0 Å². The van der Waals surface area contributed by atoms with Gasteiger partial charge in [0.15, 0.2) is 30.9 Å². The van der Waals surface area contributed by atoms with Gasteiger partial charge in [-0.15, -0.1) is 0 Å². The van der Waals surface area contributed by atoms with Crippen LogP contribution in [0.3, 0.4) is 0 Å². The summed E-state index contributed by atoms with van der Waals surface area (Å²) in [6.45, 7) is 9.24. The minimum Gasteiger partial charge on any atom is -0.462 e. The maximum absolute atomic E-state index is 12.4. The number of esters is 5. The first-order valence-electron chi connectivity index (χ1n) is 13.0. The molecule has 15 heteroatoms. The number of carbonyl (C=O) groups excluding carboxylic acids is 5. The van der Waals surface area contributed by atoms with Gasteiger partial charge >= 0.3 is 29.8 Å². The highest BCUT2D eigenvalue weighted by atomic mass is 17.0. The van der Waals surface area contributed by atoms with Crippen LogP contribution in [0.2, 0.25) is 0 Å². The zero-order valence-corrected chi connectivity index (χ0v) is 23.8. The average molecular weight is 578 g/mol. The van der Waals surface area contributed by atoms with Gasteiger partial charge in [0.1, 0.15) is 12.7 Å². The summed E-state index contributed by atoms with van der Waals surface area (Å²) in [5.41, 5.74) is 0. The molecular formula is C25H39NO14. The number of hydrogen-bond acceptors (Lipinski definition) is 15. The Bertz CT molecular complexity index is 897. The molecule has 0 aromatic carbocycles. The van der Waals surface area contributed by atoms with Crippen LogP contribution < -0.4 is 0 Å². The van der Waals surface area contributed by atoms with E-state index in [1.807, 2.05) is 0 Å². The second-order valence-corrected chi connectivity index (χ2v) is 9.14. The predicted octanol–water partition coefficient (Wildman–Crippen LogP) is 0.959. The van der Waals surface area contributed by atoms with Gasteiger partial charge in [-0.2, -0.15) is 0 Å². The summed E-state index contributed by atoms with van der Waals surface area (Å²) in [5, 5.41) is 1.21. The summed E-state index contributed by atoms with van der Waals surface area (Å²) < 4.78 is 38.5. The van der Waals surface area contributed by atoms with Crippen LogP contribution in [0.5, 0.6) is 0 Å². The molecule has 0 bridgehead atoms. The molecule has 0 saturated carbocycles. The molecule has 2 aliphatic rings. The number of carbonyl (C=O) groups is 5. The summed E-state index contributed by atoms with van der Waals surface area (Å²) in [6, 6.07) is -0.589. The van der Waals surface area contributed by atoms with E-state index in [0.29, 0.717) is 6.61 Å². The lowest BCUT2D eigenvalue weighted by atomic mass is 9.82. The van der Waals surface area contributed by atoms with Crippen LogP contribution in [0.1, 0.15) is 61.3 Å². The largest absolute Gasteiger partial charge is 0.462 e. The van der Waals surface area contributed by atoms with Gasteiger partial charge in [0.05, 0.1) is 6.04 Å². The second-order valence-electron chi connectivity index (χ2n) is 9.14. The Morgan fingerprint density at radius 1 is 0.700 bits per heavy atom. The summed E-state index contributed by atoms with van der Waals surface area (Å²) in [6.07, 6.45) is -6.93. The van der Waals surface area contributed by atoms with Gasteiger partial charge in [-0.25, -0.2) is 9.68 Å². The number of hydrogen-bond donors (Lipinski definition) is 0. The SMILES string of the molecule is CCO[C@@H]1C[C@@H]([C@H](OC(C)=O)[C@@H](OC(C)=O)[C@@H](OC(C)=O)[C@@H](COC(C)=O)OC(C)=O)[C@H]2C[C@@H](OCC)ON2O1. The maximum atomic E-state index is 12.4. The van der Waals surface area contributed by atoms with Crippen molar-refractivity contribution in [1.29, 1.82) is 0 Å². The quantitative estimate of drug-likeness (QED) is 0.211. The fourth-order valence-corrected chi connectivity index (χ4v) is 4.67. The Hall–Kier alpha value is -2.85. The van der Waals surface area contributed by atoms with E-state index in [2.05, 4.69) is 0 Å². The van der Waals surface area contributed by atoms with Crippen LogP contribution in [0.15, 0.2) is 0 Å². The molecule has 0 spiro atoms. The molecule has 2 rings (SSSR count). The fraction of sp³-hybridized carbons (Fsp3) is 0.800. The van der Waals surface area contributed by atoms with E-state index >= 15 is 0 Å². The van der Waals surface area contributed by atoms with E-state index in [4.69, 9.17) is 42.8 Å². The zero-order chi connectivity index (χ0) is 30.0. The molecule has 0 radical (unpaired) electrons. The van der Waals surface area contributed by atoms with Crippen LogP contribution in [0, 0.1) is 5.92 Å². The molecule has 2 fully saturated rings. The smallest absolute Gasteiger partial charge is 0.303 e. The predicted molar refractivity (Wildman–Crippen MR) is 130 cm³/mol. The molecular weight excluding hydrogens is 538 g/mol. The normalized spacial score (nSPS) is 25.5. The molecule has 0 N–H and O–H groups in total. The van der Waals surface area contributed by atoms with E-state index < -0.39 is 85.4 Å². The van der Waals surface area contributed by atoms with Crippen LogP contribution in [0.25, 0.3) is 0 Å². The third-order valence-corrected chi connectivity index (χ3v) is 5.92. The molecule has 8 atom stereocenters.